The number of fused-ring (bicyclic) bond motifs is 1. The first-order chi connectivity index (χ1) is 13.0. The van der Waals surface area contributed by atoms with Crippen LogP contribution in [0.3, 0.4) is 0 Å². The van der Waals surface area contributed by atoms with Crippen molar-refractivity contribution < 1.29 is 41.0 Å². The lowest BCUT2D eigenvalue weighted by Gasteiger charge is -2.22. The maximum absolute atomic E-state index is 12.5. The molecule has 0 bridgehead atoms. The number of carbonyl (C=O) groups is 2. The normalized spacial score (nSPS) is 17.8. The lowest BCUT2D eigenvalue weighted by molar-refractivity contribution is -0.192. The van der Waals surface area contributed by atoms with Gasteiger partial charge in [0, 0.05) is 6.42 Å². The third kappa shape index (κ3) is 5.93. The van der Waals surface area contributed by atoms with Crippen molar-refractivity contribution in [3.05, 3.63) is 29.3 Å². The minimum Gasteiger partial charge on any atom is -0.475 e. The van der Waals surface area contributed by atoms with Gasteiger partial charge in [0.15, 0.2) is 9.84 Å². The van der Waals surface area contributed by atoms with E-state index in [0.717, 1.165) is 31.5 Å². The van der Waals surface area contributed by atoms with Crippen molar-refractivity contribution in [2.24, 2.45) is 5.92 Å². The fraction of sp³-hybridized carbons (Fsp3) is 0.529. The molecule has 2 aliphatic heterocycles. The number of carboxylic acids is 1. The summed E-state index contributed by atoms with van der Waals surface area (Å²) < 4.78 is 61.8. The fourth-order valence-corrected chi connectivity index (χ4v) is 4.70. The van der Waals surface area contributed by atoms with Crippen LogP contribution < -0.4 is 5.32 Å². The number of alkyl halides is 3. The number of hydrogen-bond donors (Lipinski definition) is 2. The highest BCUT2D eigenvalue weighted by molar-refractivity contribution is 7.91. The molecular formula is C17H20F3NO6S. The van der Waals surface area contributed by atoms with Gasteiger partial charge >= 0.3 is 18.1 Å². The van der Waals surface area contributed by atoms with Crippen LogP contribution in [-0.2, 0) is 25.8 Å². The van der Waals surface area contributed by atoms with Crippen LogP contribution in [0.15, 0.2) is 23.1 Å². The SMILES string of the molecule is O=C(O)C(F)(F)F.O=C1OCCc2cc(S(=O)(=O)CC3CCNCC3)ccc21. The van der Waals surface area contributed by atoms with Gasteiger partial charge in [0.25, 0.3) is 0 Å². The molecule has 1 saturated heterocycles. The Bertz CT molecular complexity index is 832. The second kappa shape index (κ2) is 8.91. The molecule has 0 unspecified atom stereocenters. The average molecular weight is 423 g/mol. The molecule has 156 valence electrons. The van der Waals surface area contributed by atoms with Crippen LogP contribution in [0.2, 0.25) is 0 Å². The van der Waals surface area contributed by atoms with Gasteiger partial charge in [0.2, 0.25) is 0 Å². The molecule has 11 heteroatoms. The van der Waals surface area contributed by atoms with Gasteiger partial charge in [0.1, 0.15) is 0 Å². The average Bonchev–Trinajstić information content (AvgIpc) is 2.62. The van der Waals surface area contributed by atoms with Gasteiger partial charge in [-0.25, -0.2) is 18.0 Å². The third-order valence-electron chi connectivity index (χ3n) is 4.42. The Morgan fingerprint density at radius 3 is 2.43 bits per heavy atom. The number of esters is 1. The second-order valence-electron chi connectivity index (χ2n) is 6.48. The Morgan fingerprint density at radius 2 is 1.86 bits per heavy atom. The van der Waals surface area contributed by atoms with E-state index in [0.29, 0.717) is 23.5 Å². The number of aliphatic carboxylic acids is 1. The van der Waals surface area contributed by atoms with Crippen molar-refractivity contribution in [1.29, 1.82) is 0 Å². The number of nitrogens with one attached hydrogen (secondary N) is 1. The maximum atomic E-state index is 12.5. The summed E-state index contributed by atoms with van der Waals surface area (Å²) >= 11 is 0. The zero-order chi connectivity index (χ0) is 20.9. The van der Waals surface area contributed by atoms with E-state index in [1.165, 1.54) is 6.07 Å². The number of cyclic esters (lactones) is 1. The topological polar surface area (TPSA) is 110 Å². The van der Waals surface area contributed by atoms with Crippen molar-refractivity contribution in [2.75, 3.05) is 25.4 Å². The summed E-state index contributed by atoms with van der Waals surface area (Å²) in [5.41, 5.74) is 1.26. The summed E-state index contributed by atoms with van der Waals surface area (Å²) in [7, 11) is -3.29. The Kier molecular flexibility index (Phi) is 7.05. The monoisotopic (exact) mass is 423 g/mol. The lowest BCUT2D eigenvalue weighted by atomic mass is 10.0. The number of carboxylic acid groups (broad SMARTS) is 1. The predicted molar refractivity (Wildman–Crippen MR) is 91.8 cm³/mol. The van der Waals surface area contributed by atoms with Crippen molar-refractivity contribution in [3.8, 4) is 0 Å². The molecule has 0 amide bonds. The van der Waals surface area contributed by atoms with Crippen LogP contribution >= 0.6 is 0 Å². The summed E-state index contributed by atoms with van der Waals surface area (Å²) in [6.07, 6.45) is -2.70. The van der Waals surface area contributed by atoms with E-state index in [2.05, 4.69) is 5.32 Å². The van der Waals surface area contributed by atoms with E-state index in [1.807, 2.05) is 0 Å². The smallest absolute Gasteiger partial charge is 0.475 e. The van der Waals surface area contributed by atoms with Crippen molar-refractivity contribution >= 4 is 21.8 Å². The van der Waals surface area contributed by atoms with Gasteiger partial charge in [-0.15, -0.1) is 0 Å². The summed E-state index contributed by atoms with van der Waals surface area (Å²) in [5.74, 6) is -2.71. The molecule has 28 heavy (non-hydrogen) atoms. The first-order valence-corrected chi connectivity index (χ1v) is 10.2. The summed E-state index contributed by atoms with van der Waals surface area (Å²) in [6, 6.07) is 4.75. The Labute approximate surface area is 159 Å². The van der Waals surface area contributed by atoms with Crippen LogP contribution in [0.1, 0.15) is 28.8 Å². The number of sulfone groups is 1. The minimum atomic E-state index is -5.08. The summed E-state index contributed by atoms with van der Waals surface area (Å²) in [5, 5.41) is 10.4. The van der Waals surface area contributed by atoms with E-state index < -0.39 is 22.0 Å². The quantitative estimate of drug-likeness (QED) is 0.714. The van der Waals surface area contributed by atoms with Gasteiger partial charge in [-0.2, -0.15) is 13.2 Å². The molecule has 1 aromatic rings. The fourth-order valence-electron chi connectivity index (χ4n) is 2.96. The number of ether oxygens (including phenoxy) is 1. The molecular weight excluding hydrogens is 403 g/mol. The molecule has 0 saturated carbocycles. The largest absolute Gasteiger partial charge is 0.490 e. The van der Waals surface area contributed by atoms with E-state index >= 15 is 0 Å². The van der Waals surface area contributed by atoms with Gasteiger partial charge in [-0.3, -0.25) is 0 Å². The Balaban J connectivity index is 0.000000345. The minimum absolute atomic E-state index is 0.192. The first kappa shape index (κ1) is 22.2. The zero-order valence-electron chi connectivity index (χ0n) is 14.8. The maximum Gasteiger partial charge on any atom is 0.490 e. The molecule has 3 rings (SSSR count). The molecule has 2 N–H and O–H groups in total. The molecule has 2 heterocycles. The lowest BCUT2D eigenvalue weighted by Crippen LogP contribution is -2.31. The Morgan fingerprint density at radius 1 is 1.25 bits per heavy atom. The van der Waals surface area contributed by atoms with Crippen LogP contribution in [0, 0.1) is 5.92 Å². The second-order valence-corrected chi connectivity index (χ2v) is 8.52. The molecule has 7 nitrogen and oxygen atoms in total. The van der Waals surface area contributed by atoms with Crippen molar-refractivity contribution in [3.63, 3.8) is 0 Å². The third-order valence-corrected chi connectivity index (χ3v) is 6.30. The highest BCUT2D eigenvalue weighted by atomic mass is 32.2. The molecule has 0 spiro atoms. The van der Waals surface area contributed by atoms with E-state index in [-0.39, 0.29) is 17.6 Å². The van der Waals surface area contributed by atoms with E-state index in [4.69, 9.17) is 14.6 Å². The highest BCUT2D eigenvalue weighted by Gasteiger charge is 2.38. The molecule has 0 atom stereocenters. The number of piperidine rings is 1. The highest BCUT2D eigenvalue weighted by Crippen LogP contribution is 2.24. The molecule has 0 aromatic heterocycles. The molecule has 0 aliphatic carbocycles. The van der Waals surface area contributed by atoms with Crippen molar-refractivity contribution in [1.82, 2.24) is 5.32 Å². The predicted octanol–water partition coefficient (Wildman–Crippen LogP) is 1.81. The number of benzene rings is 1. The van der Waals surface area contributed by atoms with Gasteiger partial charge < -0.3 is 15.2 Å². The summed E-state index contributed by atoms with van der Waals surface area (Å²) in [4.78, 5) is 20.8. The van der Waals surface area contributed by atoms with E-state index in [1.54, 1.807) is 12.1 Å². The summed E-state index contributed by atoms with van der Waals surface area (Å²) in [6.45, 7) is 2.09. The number of carbonyl (C=O) groups excluding carboxylic acids is 1. The van der Waals surface area contributed by atoms with Gasteiger partial charge in [-0.1, -0.05) is 0 Å². The number of halogens is 3. The van der Waals surface area contributed by atoms with Crippen LogP contribution in [0.25, 0.3) is 0 Å². The molecule has 2 aliphatic rings. The zero-order valence-corrected chi connectivity index (χ0v) is 15.6. The van der Waals surface area contributed by atoms with Gasteiger partial charge in [0.05, 0.1) is 22.8 Å². The van der Waals surface area contributed by atoms with Crippen LogP contribution in [0.4, 0.5) is 13.2 Å². The van der Waals surface area contributed by atoms with Gasteiger partial charge in [-0.05, 0) is 55.6 Å². The van der Waals surface area contributed by atoms with E-state index in [9.17, 15) is 26.4 Å². The standard InChI is InChI=1S/C15H19NO4S.C2HF3O2/c17-15-14-2-1-13(9-12(14)5-8-20-15)21(18,19)10-11-3-6-16-7-4-11;3-2(4,5)1(6)7/h1-2,9,11,16H,3-8,10H2;(H,6,7). The van der Waals surface area contributed by atoms with Crippen molar-refractivity contribution in [2.45, 2.75) is 30.3 Å². The number of hydrogen-bond acceptors (Lipinski definition) is 6. The Hall–Kier alpha value is -2.14. The first-order valence-electron chi connectivity index (χ1n) is 8.54. The number of rotatable bonds is 3. The van der Waals surface area contributed by atoms with Crippen LogP contribution in [-0.4, -0.2) is 57.1 Å². The molecule has 1 fully saturated rings. The van der Waals surface area contributed by atoms with Crippen LogP contribution in [0.5, 0.6) is 0 Å². The molecule has 1 aromatic carbocycles. The molecule has 0 radical (unpaired) electrons.